The fourth-order valence-electron chi connectivity index (χ4n) is 10.1. The molecule has 2 aliphatic heterocycles. The van der Waals surface area contributed by atoms with Gasteiger partial charge < -0.3 is 19.7 Å². The van der Waals surface area contributed by atoms with E-state index in [-0.39, 0.29) is 34.9 Å². The van der Waals surface area contributed by atoms with Gasteiger partial charge in [-0.05, 0) is 106 Å². The molecule has 1 amide bonds. The van der Waals surface area contributed by atoms with E-state index < -0.39 is 15.4 Å². The lowest BCUT2D eigenvalue weighted by atomic mass is 9.64. The zero-order valence-corrected chi connectivity index (χ0v) is 30.9. The minimum Gasteiger partial charge on any atom is -0.371 e. The number of aryl methyl sites for hydroxylation is 1. The lowest BCUT2D eigenvalue weighted by Crippen LogP contribution is -2.58. The fraction of sp³-hybridized carbons (Fsp3) is 0.561. The molecule has 7 rings (SSSR count). The smallest absolute Gasteiger partial charge is 0.243 e. The number of nitrogens with zero attached hydrogens (tertiary/aromatic N) is 4. The Morgan fingerprint density at radius 3 is 2.43 bits per heavy atom. The number of sulfone groups is 1. The number of hydrogen-bond acceptors (Lipinski definition) is 6. The third kappa shape index (κ3) is 7.02. The maximum absolute atomic E-state index is 15.1. The molecule has 0 spiro atoms. The van der Waals surface area contributed by atoms with Gasteiger partial charge in [0.2, 0.25) is 5.91 Å². The number of piperidine rings is 1. The van der Waals surface area contributed by atoms with Crippen LogP contribution < -0.4 is 10.2 Å². The second-order valence-electron chi connectivity index (χ2n) is 15.4. The van der Waals surface area contributed by atoms with Gasteiger partial charge in [0.15, 0.2) is 9.84 Å². The van der Waals surface area contributed by atoms with Crippen molar-refractivity contribution in [2.75, 3.05) is 37.6 Å². The highest BCUT2D eigenvalue weighted by Gasteiger charge is 2.54. The van der Waals surface area contributed by atoms with Gasteiger partial charge in [0.05, 0.1) is 15.7 Å². The summed E-state index contributed by atoms with van der Waals surface area (Å²) in [5, 5.41) is 3.03. The molecule has 2 saturated carbocycles. The molecule has 0 bridgehead atoms. The number of carbonyl (C=O) groups excluding carboxylic acids is 1. The van der Waals surface area contributed by atoms with E-state index in [4.69, 9.17) is 4.98 Å². The topological polar surface area (TPSA) is 87.5 Å². The van der Waals surface area contributed by atoms with E-state index in [1.54, 1.807) is 6.07 Å². The summed E-state index contributed by atoms with van der Waals surface area (Å²) < 4.78 is 43.9. The molecule has 3 aromatic rings. The van der Waals surface area contributed by atoms with Crippen LogP contribution in [0.1, 0.15) is 82.5 Å². The van der Waals surface area contributed by atoms with Gasteiger partial charge >= 0.3 is 0 Å². The molecule has 8 nitrogen and oxygen atoms in total. The molecular weight excluding hydrogens is 662 g/mol. The lowest BCUT2D eigenvalue weighted by Gasteiger charge is -2.52. The average molecular weight is 716 g/mol. The SMILES string of the molecule is C=CC(=O)N[C@H]1CCC[C@@H]1C(c1cccc(F)c1)(C1CCN(CC2CN(c3ccc(S(=O)(=O)C4CCCCC4)cc3)C2)CC1)n1ccnc1CC. The Bertz CT molecular complexity index is 1770. The van der Waals surface area contributed by atoms with Crippen molar-refractivity contribution >= 4 is 21.4 Å². The minimum absolute atomic E-state index is 0.0497. The predicted molar refractivity (Wildman–Crippen MR) is 200 cm³/mol. The third-order valence-corrected chi connectivity index (χ3v) is 14.8. The van der Waals surface area contributed by atoms with Crippen molar-refractivity contribution < 1.29 is 17.6 Å². The summed E-state index contributed by atoms with van der Waals surface area (Å²) in [5.74, 6) is 1.43. The Labute approximate surface area is 303 Å². The number of halogens is 1. The molecule has 1 N–H and O–H groups in total. The van der Waals surface area contributed by atoms with Crippen molar-refractivity contribution in [2.24, 2.45) is 17.8 Å². The standard InChI is InChI=1S/C41H54FN5O3S/c1-3-39-43-22-25-47(39)41(32-10-8-11-33(42)26-32,37-14-9-15-38(37)44-40(48)4-2)31-20-23-45(24-21-31)27-30-28-46(29-30)34-16-18-36(19-17-34)51(49,50)35-12-6-5-7-13-35/h4,8,10-11,16-19,22,25-26,30-31,35,37-38H,2-3,5-7,9,12-15,20-21,23-24,27-29H2,1H3,(H,44,48)/t37-,38-,41?/m0/s1. The summed E-state index contributed by atoms with van der Waals surface area (Å²) in [5.41, 5.74) is 1.50. The summed E-state index contributed by atoms with van der Waals surface area (Å²) >= 11 is 0. The summed E-state index contributed by atoms with van der Waals surface area (Å²) in [6.45, 7) is 10.7. The molecule has 10 heteroatoms. The summed E-state index contributed by atoms with van der Waals surface area (Å²) in [6.07, 6.45) is 15.5. The van der Waals surface area contributed by atoms with E-state index in [0.29, 0.717) is 10.8 Å². The van der Waals surface area contributed by atoms with Crippen molar-refractivity contribution in [2.45, 2.75) is 99.3 Å². The van der Waals surface area contributed by atoms with E-state index in [0.717, 1.165) is 120 Å². The molecule has 4 fully saturated rings. The lowest BCUT2D eigenvalue weighted by molar-refractivity contribution is -0.117. The van der Waals surface area contributed by atoms with Crippen LogP contribution in [0, 0.1) is 23.6 Å². The first kappa shape index (κ1) is 35.9. The average Bonchev–Trinajstić information content (AvgIpc) is 3.81. The van der Waals surface area contributed by atoms with Crippen LogP contribution in [0.15, 0.2) is 78.5 Å². The van der Waals surface area contributed by atoms with Crippen LogP contribution in [0.3, 0.4) is 0 Å². The number of imidazole rings is 1. The second kappa shape index (κ2) is 15.2. The van der Waals surface area contributed by atoms with Gasteiger partial charge in [-0.25, -0.2) is 17.8 Å². The Morgan fingerprint density at radius 2 is 1.75 bits per heavy atom. The van der Waals surface area contributed by atoms with Crippen LogP contribution in [0.25, 0.3) is 0 Å². The number of hydrogen-bond donors (Lipinski definition) is 1. The van der Waals surface area contributed by atoms with Crippen LogP contribution in [-0.4, -0.2) is 72.8 Å². The largest absolute Gasteiger partial charge is 0.371 e. The van der Waals surface area contributed by atoms with Crippen LogP contribution in [0.2, 0.25) is 0 Å². The number of amides is 1. The highest BCUT2D eigenvalue weighted by atomic mass is 32.2. The van der Waals surface area contributed by atoms with Crippen molar-refractivity contribution in [3.63, 3.8) is 0 Å². The number of aromatic nitrogens is 2. The molecule has 274 valence electrons. The highest BCUT2D eigenvalue weighted by Crippen LogP contribution is 2.52. The summed E-state index contributed by atoms with van der Waals surface area (Å²) in [6, 6.07) is 14.7. The molecule has 2 aromatic carbocycles. The number of benzene rings is 2. The highest BCUT2D eigenvalue weighted by molar-refractivity contribution is 7.92. The molecule has 1 unspecified atom stereocenters. The fourth-order valence-corrected chi connectivity index (χ4v) is 11.9. The quantitative estimate of drug-likeness (QED) is 0.209. The predicted octanol–water partition coefficient (Wildman–Crippen LogP) is 6.75. The maximum atomic E-state index is 15.1. The number of anilines is 1. The number of nitrogens with one attached hydrogen (secondary N) is 1. The normalized spacial score (nSPS) is 23.8. The molecule has 2 aliphatic carbocycles. The first-order chi connectivity index (χ1) is 24.7. The van der Waals surface area contributed by atoms with Crippen LogP contribution in [-0.2, 0) is 26.6 Å². The van der Waals surface area contributed by atoms with Gasteiger partial charge in [-0.3, -0.25) is 4.79 Å². The van der Waals surface area contributed by atoms with E-state index in [2.05, 4.69) is 45.4 Å². The van der Waals surface area contributed by atoms with Gasteiger partial charge in [-0.15, -0.1) is 0 Å². The van der Waals surface area contributed by atoms with E-state index >= 15 is 4.39 Å². The molecule has 3 atom stereocenters. The van der Waals surface area contributed by atoms with Gasteiger partial charge in [0.1, 0.15) is 11.6 Å². The Hall–Kier alpha value is -3.50. The van der Waals surface area contributed by atoms with Crippen LogP contribution in [0.4, 0.5) is 10.1 Å². The molecule has 2 saturated heterocycles. The number of carbonyl (C=O) groups is 1. The molecule has 0 radical (unpaired) electrons. The molecular formula is C41H54FN5O3S. The van der Waals surface area contributed by atoms with Crippen molar-refractivity contribution in [1.29, 1.82) is 0 Å². The van der Waals surface area contributed by atoms with Crippen molar-refractivity contribution in [3.8, 4) is 0 Å². The number of likely N-dealkylation sites (tertiary alicyclic amines) is 1. The van der Waals surface area contributed by atoms with E-state index in [9.17, 15) is 13.2 Å². The van der Waals surface area contributed by atoms with E-state index in [1.165, 1.54) is 12.1 Å². The Morgan fingerprint density at radius 1 is 1.00 bits per heavy atom. The molecule has 1 aromatic heterocycles. The zero-order chi connectivity index (χ0) is 35.6. The third-order valence-electron chi connectivity index (χ3n) is 12.5. The number of rotatable bonds is 12. The summed E-state index contributed by atoms with van der Waals surface area (Å²) in [7, 11) is -3.26. The van der Waals surface area contributed by atoms with Crippen molar-refractivity contribution in [3.05, 3.63) is 90.8 Å². The van der Waals surface area contributed by atoms with Crippen molar-refractivity contribution in [1.82, 2.24) is 19.8 Å². The Balaban J connectivity index is 1.05. The summed E-state index contributed by atoms with van der Waals surface area (Å²) in [4.78, 5) is 22.9. The second-order valence-corrected chi connectivity index (χ2v) is 17.6. The first-order valence-electron chi connectivity index (χ1n) is 19.3. The first-order valence-corrected chi connectivity index (χ1v) is 20.8. The van der Waals surface area contributed by atoms with Crippen LogP contribution in [0.5, 0.6) is 0 Å². The van der Waals surface area contributed by atoms with Gasteiger partial charge in [-0.2, -0.15) is 0 Å². The van der Waals surface area contributed by atoms with Gasteiger partial charge in [0.25, 0.3) is 0 Å². The van der Waals surface area contributed by atoms with E-state index in [1.807, 2.05) is 36.5 Å². The molecule has 4 aliphatic rings. The Kier molecular flexibility index (Phi) is 10.7. The van der Waals surface area contributed by atoms with Crippen LogP contribution >= 0.6 is 0 Å². The van der Waals surface area contributed by atoms with Gasteiger partial charge in [0, 0.05) is 62.0 Å². The minimum atomic E-state index is -3.26. The zero-order valence-electron chi connectivity index (χ0n) is 30.1. The molecule has 3 heterocycles. The maximum Gasteiger partial charge on any atom is 0.243 e. The van der Waals surface area contributed by atoms with Gasteiger partial charge in [-0.1, -0.05) is 51.3 Å². The molecule has 51 heavy (non-hydrogen) atoms. The monoisotopic (exact) mass is 715 g/mol.